The van der Waals surface area contributed by atoms with Crippen LogP contribution < -0.4 is 10.1 Å². The van der Waals surface area contributed by atoms with E-state index in [-0.39, 0.29) is 5.91 Å². The molecule has 0 radical (unpaired) electrons. The van der Waals surface area contributed by atoms with Crippen LogP contribution in [0.1, 0.15) is 36.8 Å². The molecule has 1 aliphatic carbocycles. The molecular weight excluding hydrogens is 306 g/mol. The average molecular weight is 324 g/mol. The number of hydrogen-bond acceptors (Lipinski definition) is 2. The summed E-state index contributed by atoms with van der Waals surface area (Å²) in [4.78, 5) is 10.9. The molecule has 0 fully saturated rings. The maximum Gasteiger partial charge on any atom is 0.216 e. The largest absolute Gasteiger partial charge is 0.497 e. The Balaban J connectivity index is 2.18. The van der Waals surface area contributed by atoms with Crippen molar-refractivity contribution in [1.82, 2.24) is 5.32 Å². The van der Waals surface area contributed by atoms with Crippen LogP contribution in [0.4, 0.5) is 0 Å². The molecule has 2 rings (SSSR count). The zero-order valence-corrected chi connectivity index (χ0v) is 12.8. The minimum absolute atomic E-state index is 0.0263. The standard InChI is InChI=1S/C15H18BrNO2/c1-10(18)17-8-7-11-3-6-15(16)13-5-4-12(19-2)9-14(11)13/h4-6,9,11H,3,7-8H2,1-2H3,(H,17,18). The van der Waals surface area contributed by atoms with Crippen LogP contribution in [0, 0.1) is 0 Å². The molecule has 19 heavy (non-hydrogen) atoms. The SMILES string of the molecule is COc1ccc2c(c1)C(CCNC(C)=O)CC=C2Br. The number of nitrogens with one attached hydrogen (secondary N) is 1. The monoisotopic (exact) mass is 323 g/mol. The van der Waals surface area contributed by atoms with E-state index in [1.165, 1.54) is 11.1 Å². The summed E-state index contributed by atoms with van der Waals surface area (Å²) < 4.78 is 6.44. The fraction of sp³-hybridized carbons (Fsp3) is 0.400. The van der Waals surface area contributed by atoms with Crippen molar-refractivity contribution >= 4 is 26.3 Å². The van der Waals surface area contributed by atoms with E-state index >= 15 is 0 Å². The Morgan fingerprint density at radius 1 is 1.53 bits per heavy atom. The van der Waals surface area contributed by atoms with Gasteiger partial charge in [0, 0.05) is 18.0 Å². The van der Waals surface area contributed by atoms with E-state index in [0.717, 1.165) is 23.1 Å². The number of hydrogen-bond donors (Lipinski definition) is 1. The van der Waals surface area contributed by atoms with Gasteiger partial charge in [-0.15, -0.1) is 0 Å². The topological polar surface area (TPSA) is 38.3 Å². The van der Waals surface area contributed by atoms with Crippen molar-refractivity contribution in [3.05, 3.63) is 35.4 Å². The molecule has 0 aromatic heterocycles. The van der Waals surface area contributed by atoms with Crippen molar-refractivity contribution in [2.45, 2.75) is 25.7 Å². The molecule has 0 bridgehead atoms. The number of allylic oxidation sites excluding steroid dienone is 1. The van der Waals surface area contributed by atoms with E-state index in [4.69, 9.17) is 4.74 Å². The Hall–Kier alpha value is -1.29. The highest BCUT2D eigenvalue weighted by Gasteiger charge is 2.21. The molecular formula is C15H18BrNO2. The van der Waals surface area contributed by atoms with Gasteiger partial charge in [-0.05, 0) is 48.1 Å². The maximum atomic E-state index is 10.9. The van der Waals surface area contributed by atoms with Crippen LogP contribution >= 0.6 is 15.9 Å². The number of amides is 1. The van der Waals surface area contributed by atoms with Crippen LogP contribution in [0.25, 0.3) is 4.48 Å². The van der Waals surface area contributed by atoms with E-state index < -0.39 is 0 Å². The van der Waals surface area contributed by atoms with Gasteiger partial charge in [0.25, 0.3) is 0 Å². The first-order valence-corrected chi connectivity index (χ1v) is 7.19. The Morgan fingerprint density at radius 3 is 3.00 bits per heavy atom. The van der Waals surface area contributed by atoms with Gasteiger partial charge in [-0.3, -0.25) is 4.79 Å². The molecule has 3 nitrogen and oxygen atoms in total. The molecule has 1 aromatic rings. The highest BCUT2D eigenvalue weighted by Crippen LogP contribution is 2.40. The summed E-state index contributed by atoms with van der Waals surface area (Å²) in [5, 5.41) is 2.86. The highest BCUT2D eigenvalue weighted by molar-refractivity contribution is 9.15. The molecule has 0 aliphatic heterocycles. The number of methoxy groups -OCH3 is 1. The summed E-state index contributed by atoms with van der Waals surface area (Å²) in [6, 6.07) is 6.16. The fourth-order valence-corrected chi connectivity index (χ4v) is 2.95. The van der Waals surface area contributed by atoms with Crippen molar-refractivity contribution in [1.29, 1.82) is 0 Å². The summed E-state index contributed by atoms with van der Waals surface area (Å²) in [7, 11) is 1.68. The van der Waals surface area contributed by atoms with Crippen molar-refractivity contribution in [2.75, 3.05) is 13.7 Å². The number of fused-ring (bicyclic) bond motifs is 1. The molecule has 0 saturated carbocycles. The minimum atomic E-state index is 0.0263. The van der Waals surface area contributed by atoms with E-state index in [1.54, 1.807) is 14.0 Å². The molecule has 1 aliphatic rings. The van der Waals surface area contributed by atoms with Crippen molar-refractivity contribution in [2.24, 2.45) is 0 Å². The van der Waals surface area contributed by atoms with E-state index in [2.05, 4.69) is 39.5 Å². The van der Waals surface area contributed by atoms with Gasteiger partial charge in [0.1, 0.15) is 5.75 Å². The summed E-state index contributed by atoms with van der Waals surface area (Å²) in [6.07, 6.45) is 4.13. The Labute approximate surface area is 122 Å². The lowest BCUT2D eigenvalue weighted by Crippen LogP contribution is -2.23. The van der Waals surface area contributed by atoms with Crippen LogP contribution in [-0.2, 0) is 4.79 Å². The quantitative estimate of drug-likeness (QED) is 0.921. The third-order valence-corrected chi connectivity index (χ3v) is 4.16. The lowest BCUT2D eigenvalue weighted by atomic mass is 9.85. The number of ether oxygens (including phenoxy) is 1. The molecule has 0 spiro atoms. The van der Waals surface area contributed by atoms with Gasteiger partial charge < -0.3 is 10.1 Å². The summed E-state index contributed by atoms with van der Waals surface area (Å²) in [5.41, 5.74) is 2.51. The average Bonchev–Trinajstić information content (AvgIpc) is 2.40. The summed E-state index contributed by atoms with van der Waals surface area (Å²) in [6.45, 7) is 2.26. The zero-order valence-electron chi connectivity index (χ0n) is 11.2. The lowest BCUT2D eigenvalue weighted by Gasteiger charge is -2.24. The smallest absolute Gasteiger partial charge is 0.216 e. The van der Waals surface area contributed by atoms with Crippen LogP contribution in [0.3, 0.4) is 0 Å². The molecule has 102 valence electrons. The predicted octanol–water partition coefficient (Wildman–Crippen LogP) is 3.44. The Morgan fingerprint density at radius 2 is 2.32 bits per heavy atom. The van der Waals surface area contributed by atoms with Crippen LogP contribution in [0.15, 0.2) is 24.3 Å². The Bertz CT molecular complexity index is 511. The molecule has 0 heterocycles. The van der Waals surface area contributed by atoms with Gasteiger partial charge in [-0.2, -0.15) is 0 Å². The van der Waals surface area contributed by atoms with Gasteiger partial charge in [-0.1, -0.05) is 22.0 Å². The van der Waals surface area contributed by atoms with Crippen LogP contribution in [0.5, 0.6) is 5.75 Å². The number of benzene rings is 1. The molecule has 1 N–H and O–H groups in total. The van der Waals surface area contributed by atoms with Crippen LogP contribution in [-0.4, -0.2) is 19.6 Å². The fourth-order valence-electron chi connectivity index (χ4n) is 2.40. The van der Waals surface area contributed by atoms with Crippen LogP contribution in [0.2, 0.25) is 0 Å². The highest BCUT2D eigenvalue weighted by atomic mass is 79.9. The van der Waals surface area contributed by atoms with E-state index in [1.807, 2.05) is 6.07 Å². The van der Waals surface area contributed by atoms with E-state index in [0.29, 0.717) is 12.5 Å². The summed E-state index contributed by atoms with van der Waals surface area (Å²) in [5.74, 6) is 1.34. The molecule has 0 saturated heterocycles. The first kappa shape index (κ1) is 14.1. The maximum absolute atomic E-state index is 10.9. The third-order valence-electron chi connectivity index (χ3n) is 3.40. The molecule has 1 aromatic carbocycles. The van der Waals surface area contributed by atoms with Crippen molar-refractivity contribution < 1.29 is 9.53 Å². The van der Waals surface area contributed by atoms with Gasteiger partial charge >= 0.3 is 0 Å². The molecule has 1 atom stereocenters. The van der Waals surface area contributed by atoms with Crippen molar-refractivity contribution in [3.63, 3.8) is 0 Å². The normalized spacial score (nSPS) is 17.4. The second kappa shape index (κ2) is 6.24. The number of carbonyl (C=O) groups is 1. The van der Waals surface area contributed by atoms with Gasteiger partial charge in [-0.25, -0.2) is 0 Å². The third kappa shape index (κ3) is 3.38. The molecule has 1 amide bonds. The predicted molar refractivity (Wildman–Crippen MR) is 80.6 cm³/mol. The second-order valence-corrected chi connectivity index (χ2v) is 5.56. The lowest BCUT2D eigenvalue weighted by molar-refractivity contribution is -0.118. The van der Waals surface area contributed by atoms with Crippen molar-refractivity contribution in [3.8, 4) is 5.75 Å². The zero-order chi connectivity index (χ0) is 13.8. The van der Waals surface area contributed by atoms with E-state index in [9.17, 15) is 4.79 Å². The second-order valence-electron chi connectivity index (χ2n) is 4.71. The first-order valence-electron chi connectivity index (χ1n) is 6.40. The van der Waals surface area contributed by atoms with Gasteiger partial charge in [0.2, 0.25) is 5.91 Å². The summed E-state index contributed by atoms with van der Waals surface area (Å²) >= 11 is 3.60. The number of carbonyl (C=O) groups excluding carboxylic acids is 1. The molecule has 1 unspecified atom stereocenters. The Kier molecular flexibility index (Phi) is 4.64. The number of rotatable bonds is 4. The van der Waals surface area contributed by atoms with Gasteiger partial charge in [0.15, 0.2) is 0 Å². The first-order chi connectivity index (χ1) is 9.11. The molecule has 4 heteroatoms. The number of halogens is 1. The minimum Gasteiger partial charge on any atom is -0.497 e. The van der Waals surface area contributed by atoms with Gasteiger partial charge in [0.05, 0.1) is 7.11 Å².